The highest BCUT2D eigenvalue weighted by Gasteiger charge is 2.15. The first-order valence-electron chi connectivity index (χ1n) is 6.04. The first-order chi connectivity index (χ1) is 8.88. The molecule has 0 saturated heterocycles. The number of nitrogens with zero attached hydrogens (tertiary/aromatic N) is 1. The van der Waals surface area contributed by atoms with Gasteiger partial charge in [0.05, 0.1) is 5.69 Å². The summed E-state index contributed by atoms with van der Waals surface area (Å²) in [7, 11) is 0. The predicted octanol–water partition coefficient (Wildman–Crippen LogP) is 5.55. The van der Waals surface area contributed by atoms with Crippen LogP contribution in [-0.2, 0) is 0 Å². The van der Waals surface area contributed by atoms with Gasteiger partial charge in [-0.2, -0.15) is 0 Å². The molecule has 0 bridgehead atoms. The second-order valence-corrected chi connectivity index (χ2v) is 6.87. The average molecular weight is 315 g/mol. The van der Waals surface area contributed by atoms with Gasteiger partial charge < -0.3 is 5.32 Å². The SMILES string of the molecule is Cc1cc(C(C)Nc2c(C)cc(Cl)nc2Cl)c(C)s1. The number of hydrogen-bond acceptors (Lipinski definition) is 3. The van der Waals surface area contributed by atoms with Crippen molar-refractivity contribution in [1.82, 2.24) is 4.98 Å². The van der Waals surface area contributed by atoms with Gasteiger partial charge in [-0.15, -0.1) is 11.3 Å². The van der Waals surface area contributed by atoms with Crippen LogP contribution < -0.4 is 5.32 Å². The van der Waals surface area contributed by atoms with E-state index in [1.165, 1.54) is 15.3 Å². The molecule has 2 nitrogen and oxygen atoms in total. The highest BCUT2D eigenvalue weighted by Crippen LogP contribution is 2.32. The first-order valence-corrected chi connectivity index (χ1v) is 7.62. The Labute approximate surface area is 127 Å². The summed E-state index contributed by atoms with van der Waals surface area (Å²) < 4.78 is 0. The van der Waals surface area contributed by atoms with Crippen LogP contribution in [0.15, 0.2) is 12.1 Å². The fourth-order valence-electron chi connectivity index (χ4n) is 2.14. The van der Waals surface area contributed by atoms with Crippen LogP contribution in [-0.4, -0.2) is 4.98 Å². The maximum absolute atomic E-state index is 6.16. The Morgan fingerprint density at radius 3 is 2.42 bits per heavy atom. The molecule has 0 aromatic carbocycles. The number of rotatable bonds is 3. The van der Waals surface area contributed by atoms with Crippen LogP contribution in [0.4, 0.5) is 5.69 Å². The van der Waals surface area contributed by atoms with Gasteiger partial charge in [0, 0.05) is 15.8 Å². The minimum Gasteiger partial charge on any atom is -0.376 e. The number of hydrogen-bond donors (Lipinski definition) is 1. The monoisotopic (exact) mass is 314 g/mol. The van der Waals surface area contributed by atoms with E-state index in [1.54, 1.807) is 0 Å². The van der Waals surface area contributed by atoms with E-state index in [1.807, 2.05) is 24.3 Å². The molecule has 0 aliphatic rings. The molecule has 0 aliphatic carbocycles. The zero-order valence-electron chi connectivity index (χ0n) is 11.3. The molecule has 2 aromatic rings. The Morgan fingerprint density at radius 2 is 1.89 bits per heavy atom. The molecule has 2 heterocycles. The lowest BCUT2D eigenvalue weighted by atomic mass is 10.1. The Hall–Kier alpha value is -0.770. The van der Waals surface area contributed by atoms with Gasteiger partial charge in [0.2, 0.25) is 0 Å². The van der Waals surface area contributed by atoms with E-state index in [2.05, 4.69) is 37.1 Å². The molecule has 1 atom stereocenters. The van der Waals surface area contributed by atoms with E-state index in [4.69, 9.17) is 23.2 Å². The highest BCUT2D eigenvalue weighted by atomic mass is 35.5. The zero-order chi connectivity index (χ0) is 14.2. The summed E-state index contributed by atoms with van der Waals surface area (Å²) in [5, 5.41) is 4.27. The largest absolute Gasteiger partial charge is 0.376 e. The molecule has 0 saturated carbocycles. The molecule has 2 rings (SSSR count). The summed E-state index contributed by atoms with van der Waals surface area (Å²) in [6, 6.07) is 4.21. The van der Waals surface area contributed by atoms with Crippen molar-refractivity contribution in [3.05, 3.63) is 43.3 Å². The number of aromatic nitrogens is 1. The molecule has 0 radical (unpaired) electrons. The highest BCUT2D eigenvalue weighted by molar-refractivity contribution is 7.12. The van der Waals surface area contributed by atoms with Crippen molar-refractivity contribution in [1.29, 1.82) is 0 Å². The van der Waals surface area contributed by atoms with Crippen molar-refractivity contribution < 1.29 is 0 Å². The summed E-state index contributed by atoms with van der Waals surface area (Å²) in [4.78, 5) is 6.72. The summed E-state index contributed by atoms with van der Waals surface area (Å²) in [6.45, 7) is 8.36. The topological polar surface area (TPSA) is 24.9 Å². The number of thiophene rings is 1. The number of anilines is 1. The number of halogens is 2. The third-order valence-electron chi connectivity index (χ3n) is 3.05. The standard InChI is InChI=1S/C14H16Cl2N2S/c1-7-5-12(15)18-14(16)13(7)17-9(3)11-6-8(2)19-10(11)4/h5-6,9,17H,1-4H3. The summed E-state index contributed by atoms with van der Waals surface area (Å²) >= 11 is 13.8. The van der Waals surface area contributed by atoms with Crippen LogP contribution in [0.5, 0.6) is 0 Å². The molecule has 1 unspecified atom stereocenters. The van der Waals surface area contributed by atoms with Crippen molar-refractivity contribution in [2.75, 3.05) is 5.32 Å². The lowest BCUT2D eigenvalue weighted by Crippen LogP contribution is -2.09. The molecule has 102 valence electrons. The van der Waals surface area contributed by atoms with E-state index < -0.39 is 0 Å². The van der Waals surface area contributed by atoms with Crippen molar-refractivity contribution >= 4 is 40.2 Å². The van der Waals surface area contributed by atoms with E-state index in [0.717, 1.165) is 11.3 Å². The van der Waals surface area contributed by atoms with Crippen molar-refractivity contribution in [3.63, 3.8) is 0 Å². The zero-order valence-corrected chi connectivity index (χ0v) is 13.7. The number of nitrogens with one attached hydrogen (secondary N) is 1. The molecule has 0 amide bonds. The van der Waals surface area contributed by atoms with E-state index in [-0.39, 0.29) is 6.04 Å². The van der Waals surface area contributed by atoms with E-state index in [9.17, 15) is 0 Å². The Balaban J connectivity index is 2.29. The second kappa shape index (κ2) is 5.70. The average Bonchev–Trinajstić information content (AvgIpc) is 2.62. The third kappa shape index (κ3) is 3.22. The quantitative estimate of drug-likeness (QED) is 0.751. The molecule has 5 heteroatoms. The fraction of sp³-hybridized carbons (Fsp3) is 0.357. The van der Waals surface area contributed by atoms with Crippen LogP contribution in [0, 0.1) is 20.8 Å². The van der Waals surface area contributed by atoms with E-state index >= 15 is 0 Å². The smallest absolute Gasteiger partial charge is 0.154 e. The lowest BCUT2D eigenvalue weighted by molar-refractivity contribution is 0.877. The fourth-order valence-corrected chi connectivity index (χ4v) is 3.75. The Kier molecular flexibility index (Phi) is 4.39. The van der Waals surface area contributed by atoms with Gasteiger partial charge >= 0.3 is 0 Å². The van der Waals surface area contributed by atoms with Crippen molar-refractivity contribution in [2.24, 2.45) is 0 Å². The third-order valence-corrected chi connectivity index (χ3v) is 4.50. The summed E-state index contributed by atoms with van der Waals surface area (Å²) in [5.41, 5.74) is 3.15. The summed E-state index contributed by atoms with van der Waals surface area (Å²) in [5.74, 6) is 0. The van der Waals surface area contributed by atoms with Gasteiger partial charge in [-0.1, -0.05) is 23.2 Å². The van der Waals surface area contributed by atoms with Crippen LogP contribution in [0.3, 0.4) is 0 Å². The van der Waals surface area contributed by atoms with Gasteiger partial charge in [-0.25, -0.2) is 4.98 Å². The van der Waals surface area contributed by atoms with Crippen LogP contribution in [0.25, 0.3) is 0 Å². The maximum Gasteiger partial charge on any atom is 0.154 e. The maximum atomic E-state index is 6.16. The number of aryl methyl sites for hydroxylation is 3. The van der Waals surface area contributed by atoms with Gasteiger partial charge in [-0.3, -0.25) is 0 Å². The van der Waals surface area contributed by atoms with Gasteiger partial charge in [0.1, 0.15) is 5.15 Å². The van der Waals surface area contributed by atoms with E-state index in [0.29, 0.717) is 10.3 Å². The predicted molar refractivity (Wildman–Crippen MR) is 84.8 cm³/mol. The van der Waals surface area contributed by atoms with Crippen molar-refractivity contribution in [2.45, 2.75) is 33.7 Å². The first kappa shape index (κ1) is 14.6. The molecule has 0 spiro atoms. The second-order valence-electron chi connectivity index (χ2n) is 4.66. The number of pyridine rings is 1. The minimum atomic E-state index is 0.184. The molecule has 0 aliphatic heterocycles. The van der Waals surface area contributed by atoms with Crippen LogP contribution in [0.2, 0.25) is 10.3 Å². The Morgan fingerprint density at radius 1 is 1.21 bits per heavy atom. The molecular weight excluding hydrogens is 299 g/mol. The molecule has 2 aromatic heterocycles. The Bertz CT molecular complexity index is 584. The van der Waals surface area contributed by atoms with Gasteiger partial charge in [0.15, 0.2) is 5.15 Å². The molecular formula is C14H16Cl2N2S. The molecule has 19 heavy (non-hydrogen) atoms. The molecule has 1 N–H and O–H groups in total. The van der Waals surface area contributed by atoms with Gasteiger partial charge in [0.25, 0.3) is 0 Å². The van der Waals surface area contributed by atoms with Gasteiger partial charge in [-0.05, 0) is 51.0 Å². The summed E-state index contributed by atoms with van der Waals surface area (Å²) in [6.07, 6.45) is 0. The van der Waals surface area contributed by atoms with Crippen molar-refractivity contribution in [3.8, 4) is 0 Å². The normalized spacial score (nSPS) is 12.5. The lowest BCUT2D eigenvalue weighted by Gasteiger charge is -2.18. The molecule has 0 fully saturated rings. The van der Waals surface area contributed by atoms with Crippen LogP contribution in [0.1, 0.15) is 33.8 Å². The van der Waals surface area contributed by atoms with Crippen LogP contribution >= 0.6 is 34.5 Å². The minimum absolute atomic E-state index is 0.184.